The number of ketones is 2. The third kappa shape index (κ3) is 2.40. The van der Waals surface area contributed by atoms with Crippen LogP contribution in [0.3, 0.4) is 0 Å². The van der Waals surface area contributed by atoms with Gasteiger partial charge in [-0.2, -0.15) is 0 Å². The van der Waals surface area contributed by atoms with E-state index in [1.807, 2.05) is 0 Å². The standard InChI is InChI=1S/C21H28O4/c1-20(2)7-4-8-21(3)14-9-13-18(24)15(22)10-16(23)19(13)25-11-12(14)5-6-17(20)21/h10,12,14,17,22H,4-9,11H2,1-3H3. The smallest absolute Gasteiger partial charge is 0.227 e. The molecule has 0 spiro atoms. The molecular weight excluding hydrogens is 316 g/mol. The molecule has 0 aromatic heterocycles. The van der Waals surface area contributed by atoms with Crippen molar-refractivity contribution in [2.75, 3.05) is 6.61 Å². The maximum Gasteiger partial charge on any atom is 0.227 e. The molecule has 0 amide bonds. The number of hydrogen-bond acceptors (Lipinski definition) is 4. The van der Waals surface area contributed by atoms with Crippen molar-refractivity contribution in [3.63, 3.8) is 0 Å². The van der Waals surface area contributed by atoms with Crippen LogP contribution in [0, 0.1) is 28.6 Å². The van der Waals surface area contributed by atoms with Gasteiger partial charge in [-0.1, -0.05) is 27.2 Å². The number of carbonyl (C=O) groups is 2. The summed E-state index contributed by atoms with van der Waals surface area (Å²) in [6.45, 7) is 7.68. The van der Waals surface area contributed by atoms with Gasteiger partial charge in [0.25, 0.3) is 0 Å². The van der Waals surface area contributed by atoms with Crippen LogP contribution in [-0.4, -0.2) is 23.3 Å². The molecule has 4 aliphatic rings. The quantitative estimate of drug-likeness (QED) is 0.672. The van der Waals surface area contributed by atoms with Crippen LogP contribution >= 0.6 is 0 Å². The normalized spacial score (nSPS) is 40.3. The fourth-order valence-electron chi connectivity index (χ4n) is 6.47. The summed E-state index contributed by atoms with van der Waals surface area (Å²) in [4.78, 5) is 24.8. The van der Waals surface area contributed by atoms with Crippen LogP contribution in [0.2, 0.25) is 0 Å². The number of carbonyl (C=O) groups excluding carboxylic acids is 2. The Bertz CT molecular complexity index is 699. The lowest BCUT2D eigenvalue weighted by atomic mass is 9.46. The maximum absolute atomic E-state index is 12.5. The summed E-state index contributed by atoms with van der Waals surface area (Å²) in [5, 5.41) is 9.86. The first-order valence-corrected chi connectivity index (χ1v) is 9.60. The van der Waals surface area contributed by atoms with E-state index >= 15 is 0 Å². The Morgan fingerprint density at radius 3 is 2.68 bits per heavy atom. The van der Waals surface area contributed by atoms with Gasteiger partial charge in [-0.25, -0.2) is 0 Å². The minimum Gasteiger partial charge on any atom is -0.504 e. The van der Waals surface area contributed by atoms with Gasteiger partial charge in [0.05, 0.1) is 6.61 Å². The fourth-order valence-corrected chi connectivity index (χ4v) is 6.47. The minimum absolute atomic E-state index is 0.163. The lowest BCUT2D eigenvalue weighted by Crippen LogP contribution is -2.52. The van der Waals surface area contributed by atoms with E-state index in [9.17, 15) is 14.7 Å². The van der Waals surface area contributed by atoms with Crippen molar-refractivity contribution in [1.29, 1.82) is 0 Å². The molecule has 136 valence electrons. The van der Waals surface area contributed by atoms with Crippen LogP contribution < -0.4 is 0 Å². The molecule has 2 saturated carbocycles. The molecule has 4 unspecified atom stereocenters. The Balaban J connectivity index is 1.73. The monoisotopic (exact) mass is 344 g/mol. The zero-order valence-electron chi connectivity index (χ0n) is 15.4. The Labute approximate surface area is 149 Å². The molecule has 2 fully saturated rings. The average Bonchev–Trinajstić information content (AvgIpc) is 2.73. The van der Waals surface area contributed by atoms with Crippen molar-refractivity contribution in [3.8, 4) is 0 Å². The topological polar surface area (TPSA) is 63.6 Å². The van der Waals surface area contributed by atoms with E-state index in [-0.39, 0.29) is 17.0 Å². The average molecular weight is 344 g/mol. The summed E-state index contributed by atoms with van der Waals surface area (Å²) < 4.78 is 5.84. The number of rotatable bonds is 0. The van der Waals surface area contributed by atoms with Gasteiger partial charge in [-0.05, 0) is 60.7 Å². The van der Waals surface area contributed by atoms with E-state index in [4.69, 9.17) is 4.74 Å². The molecule has 4 nitrogen and oxygen atoms in total. The van der Waals surface area contributed by atoms with Gasteiger partial charge in [-0.15, -0.1) is 0 Å². The van der Waals surface area contributed by atoms with Crippen LogP contribution in [0.25, 0.3) is 0 Å². The Kier molecular flexibility index (Phi) is 3.68. The number of ether oxygens (including phenoxy) is 1. The molecule has 4 rings (SSSR count). The summed E-state index contributed by atoms with van der Waals surface area (Å²) in [7, 11) is 0. The summed E-state index contributed by atoms with van der Waals surface area (Å²) in [5.74, 6) is 0.312. The zero-order chi connectivity index (χ0) is 18.0. The van der Waals surface area contributed by atoms with Gasteiger partial charge in [-0.3, -0.25) is 9.59 Å². The largest absolute Gasteiger partial charge is 0.504 e. The molecule has 1 aliphatic heterocycles. The fraction of sp³-hybridized carbons (Fsp3) is 0.714. The van der Waals surface area contributed by atoms with Crippen molar-refractivity contribution >= 4 is 11.6 Å². The molecule has 4 heteroatoms. The molecule has 1 heterocycles. The molecule has 0 aromatic rings. The van der Waals surface area contributed by atoms with Crippen molar-refractivity contribution in [3.05, 3.63) is 23.2 Å². The molecule has 4 atom stereocenters. The highest BCUT2D eigenvalue weighted by Crippen LogP contribution is 2.63. The number of fused-ring (bicyclic) bond motifs is 3. The van der Waals surface area contributed by atoms with Gasteiger partial charge in [0.2, 0.25) is 11.6 Å². The molecule has 0 aromatic carbocycles. The van der Waals surface area contributed by atoms with Gasteiger partial charge in [0, 0.05) is 11.6 Å². The zero-order valence-corrected chi connectivity index (χ0v) is 15.4. The highest BCUT2D eigenvalue weighted by Gasteiger charge is 2.56. The Hall–Kier alpha value is -1.58. The number of Topliss-reactive ketones (excluding diaryl/α,β-unsaturated/α-hetero) is 1. The Morgan fingerprint density at radius 1 is 1.16 bits per heavy atom. The van der Waals surface area contributed by atoms with Crippen LogP contribution in [0.1, 0.15) is 59.3 Å². The molecule has 1 N–H and O–H groups in total. The minimum atomic E-state index is -0.438. The molecule has 3 aliphatic carbocycles. The van der Waals surface area contributed by atoms with Crippen molar-refractivity contribution in [2.24, 2.45) is 28.6 Å². The third-order valence-corrected chi connectivity index (χ3v) is 7.66. The van der Waals surface area contributed by atoms with Gasteiger partial charge >= 0.3 is 0 Å². The van der Waals surface area contributed by atoms with E-state index in [1.54, 1.807) is 0 Å². The number of aliphatic hydroxyl groups is 1. The van der Waals surface area contributed by atoms with Crippen LogP contribution in [0.4, 0.5) is 0 Å². The van der Waals surface area contributed by atoms with E-state index in [0.29, 0.717) is 41.8 Å². The molecular formula is C21H28O4. The number of allylic oxidation sites excluding steroid dienone is 2. The van der Waals surface area contributed by atoms with E-state index in [0.717, 1.165) is 12.5 Å². The molecule has 25 heavy (non-hydrogen) atoms. The van der Waals surface area contributed by atoms with Gasteiger partial charge in [0.1, 0.15) is 0 Å². The van der Waals surface area contributed by atoms with E-state index in [1.165, 1.54) is 25.7 Å². The molecule has 0 radical (unpaired) electrons. The van der Waals surface area contributed by atoms with Gasteiger partial charge in [0.15, 0.2) is 11.5 Å². The van der Waals surface area contributed by atoms with Crippen molar-refractivity contribution in [2.45, 2.75) is 59.3 Å². The van der Waals surface area contributed by atoms with E-state index < -0.39 is 11.5 Å². The second kappa shape index (κ2) is 5.46. The summed E-state index contributed by atoms with van der Waals surface area (Å²) in [6, 6.07) is 0. The first-order chi connectivity index (χ1) is 11.7. The summed E-state index contributed by atoms with van der Waals surface area (Å²) >= 11 is 0. The van der Waals surface area contributed by atoms with Gasteiger partial charge < -0.3 is 9.84 Å². The summed E-state index contributed by atoms with van der Waals surface area (Å²) in [6.07, 6.45) is 7.51. The second-order valence-electron chi connectivity index (χ2n) is 9.39. The highest BCUT2D eigenvalue weighted by molar-refractivity contribution is 6.20. The maximum atomic E-state index is 12.5. The number of hydrogen-bond donors (Lipinski definition) is 1. The first kappa shape index (κ1) is 16.9. The summed E-state index contributed by atoms with van der Waals surface area (Å²) in [5.41, 5.74) is 0.885. The van der Waals surface area contributed by atoms with Crippen LogP contribution in [-0.2, 0) is 14.3 Å². The predicted molar refractivity (Wildman–Crippen MR) is 93.8 cm³/mol. The van der Waals surface area contributed by atoms with Crippen molar-refractivity contribution < 1.29 is 19.4 Å². The van der Waals surface area contributed by atoms with Crippen LogP contribution in [0.5, 0.6) is 0 Å². The second-order valence-corrected chi connectivity index (χ2v) is 9.39. The molecule has 0 bridgehead atoms. The lowest BCUT2D eigenvalue weighted by Gasteiger charge is -2.59. The van der Waals surface area contributed by atoms with E-state index in [2.05, 4.69) is 20.8 Å². The van der Waals surface area contributed by atoms with Crippen LogP contribution in [0.15, 0.2) is 23.2 Å². The number of aliphatic hydroxyl groups excluding tert-OH is 1. The SMILES string of the molecule is CC1(C)CCCC2(C)C3CC4=C(OCC3CCC12)C(=O)C=C(O)C4=O. The Morgan fingerprint density at radius 2 is 1.92 bits per heavy atom. The molecule has 0 saturated heterocycles. The highest BCUT2D eigenvalue weighted by atomic mass is 16.5. The predicted octanol–water partition coefficient (Wildman–Crippen LogP) is 4.11. The van der Waals surface area contributed by atoms with Crippen molar-refractivity contribution in [1.82, 2.24) is 0 Å². The lowest BCUT2D eigenvalue weighted by molar-refractivity contribution is -0.120. The first-order valence-electron chi connectivity index (χ1n) is 9.60. The third-order valence-electron chi connectivity index (χ3n) is 7.66.